The lowest BCUT2D eigenvalue weighted by molar-refractivity contribution is 0.0733. The molecule has 1 aromatic heterocycles. The van der Waals surface area contributed by atoms with Gasteiger partial charge < -0.3 is 4.90 Å². The van der Waals surface area contributed by atoms with Gasteiger partial charge in [-0.1, -0.05) is 41.9 Å². The van der Waals surface area contributed by atoms with Crippen molar-refractivity contribution in [2.24, 2.45) is 0 Å². The summed E-state index contributed by atoms with van der Waals surface area (Å²) in [5, 5.41) is 0.627. The largest absolute Gasteiger partial charge is 0.334 e. The van der Waals surface area contributed by atoms with Gasteiger partial charge in [-0.2, -0.15) is 0 Å². The molecule has 2 aromatic carbocycles. The summed E-state index contributed by atoms with van der Waals surface area (Å²) in [6.07, 6.45) is 2.57. The molecular weight excluding hydrogens is 334 g/mol. The quantitative estimate of drug-likeness (QED) is 0.702. The lowest BCUT2D eigenvalue weighted by atomic mass is 10.1. The van der Waals surface area contributed by atoms with Crippen LogP contribution in [-0.2, 0) is 13.0 Å². The van der Waals surface area contributed by atoms with E-state index in [0.29, 0.717) is 23.7 Å². The maximum atomic E-state index is 12.7. The van der Waals surface area contributed by atoms with Crippen molar-refractivity contribution < 1.29 is 4.79 Å². The lowest BCUT2D eigenvalue weighted by Gasteiger charge is -2.28. The number of amides is 1. The number of carbonyl (C=O) groups is 1. The molecule has 0 fully saturated rings. The molecule has 0 N–H and O–H groups in total. The average Bonchev–Trinajstić information content (AvgIpc) is 2.68. The molecule has 0 radical (unpaired) electrons. The van der Waals surface area contributed by atoms with Crippen LogP contribution in [0.5, 0.6) is 0 Å². The van der Waals surface area contributed by atoms with Gasteiger partial charge in [-0.3, -0.25) is 4.79 Å². The molecule has 0 saturated heterocycles. The Kier molecular flexibility index (Phi) is 4.20. The van der Waals surface area contributed by atoms with E-state index in [1.54, 1.807) is 24.3 Å². The lowest BCUT2D eigenvalue weighted by Crippen LogP contribution is -2.36. The Bertz CT molecular complexity index is 910. The molecule has 0 bridgehead atoms. The predicted molar refractivity (Wildman–Crippen MR) is 97.4 cm³/mol. The molecule has 5 heteroatoms. The fourth-order valence-electron chi connectivity index (χ4n) is 2.99. The molecule has 3 aromatic rings. The number of halogens is 1. The third-order valence-electron chi connectivity index (χ3n) is 4.34. The second kappa shape index (κ2) is 6.65. The number of aromatic nitrogens is 2. The van der Waals surface area contributed by atoms with Crippen molar-refractivity contribution in [2.45, 2.75) is 13.0 Å². The summed E-state index contributed by atoms with van der Waals surface area (Å²) in [4.78, 5) is 23.7. The zero-order valence-corrected chi connectivity index (χ0v) is 14.3. The first-order valence-corrected chi connectivity index (χ1v) is 8.53. The van der Waals surface area contributed by atoms with E-state index >= 15 is 0 Å². The summed E-state index contributed by atoms with van der Waals surface area (Å²) < 4.78 is 0. The number of hydrogen-bond donors (Lipinski definition) is 0. The van der Waals surface area contributed by atoms with E-state index < -0.39 is 0 Å². The minimum Gasteiger partial charge on any atom is -0.334 e. The van der Waals surface area contributed by atoms with E-state index in [-0.39, 0.29) is 5.91 Å². The zero-order chi connectivity index (χ0) is 17.2. The van der Waals surface area contributed by atoms with Crippen molar-refractivity contribution in [1.29, 1.82) is 0 Å². The molecule has 0 unspecified atom stereocenters. The second-order valence-corrected chi connectivity index (χ2v) is 6.45. The molecule has 4 nitrogen and oxygen atoms in total. The summed E-state index contributed by atoms with van der Waals surface area (Å²) >= 11 is 5.89. The molecule has 2 heterocycles. The fraction of sp³-hybridized carbons (Fsp3) is 0.150. The Labute approximate surface area is 151 Å². The smallest absolute Gasteiger partial charge is 0.254 e. The van der Waals surface area contributed by atoms with E-state index in [0.717, 1.165) is 29.1 Å². The van der Waals surface area contributed by atoms with Gasteiger partial charge in [0.1, 0.15) is 0 Å². The molecule has 124 valence electrons. The molecule has 1 amide bonds. The van der Waals surface area contributed by atoms with E-state index in [9.17, 15) is 4.79 Å². The van der Waals surface area contributed by atoms with E-state index in [2.05, 4.69) is 4.98 Å². The minimum atomic E-state index is 0.00875. The first-order chi connectivity index (χ1) is 12.2. The number of nitrogens with zero attached hydrogens (tertiary/aromatic N) is 3. The standard InChI is InChI=1S/C20H16ClN3O/c21-17-8-6-15(7-9-17)20(25)24-11-10-18-16(13-24)12-22-19(23-18)14-4-2-1-3-5-14/h1-9,12H,10-11,13H2. The molecule has 25 heavy (non-hydrogen) atoms. The van der Waals surface area contributed by atoms with Gasteiger partial charge in [0.25, 0.3) is 5.91 Å². The van der Waals surface area contributed by atoms with Crippen molar-refractivity contribution >= 4 is 17.5 Å². The van der Waals surface area contributed by atoms with Crippen molar-refractivity contribution in [3.63, 3.8) is 0 Å². The molecule has 0 atom stereocenters. The second-order valence-electron chi connectivity index (χ2n) is 6.02. The van der Waals surface area contributed by atoms with Crippen LogP contribution in [0.3, 0.4) is 0 Å². The highest BCUT2D eigenvalue weighted by molar-refractivity contribution is 6.30. The Morgan fingerprint density at radius 1 is 1.04 bits per heavy atom. The molecule has 4 rings (SSSR count). The van der Waals surface area contributed by atoms with Crippen molar-refractivity contribution in [3.8, 4) is 11.4 Å². The first-order valence-electron chi connectivity index (χ1n) is 8.16. The maximum absolute atomic E-state index is 12.7. The van der Waals surface area contributed by atoms with E-state index in [1.165, 1.54) is 0 Å². The van der Waals surface area contributed by atoms with Gasteiger partial charge in [-0.05, 0) is 24.3 Å². The predicted octanol–water partition coefficient (Wildman–Crippen LogP) is 4.00. The zero-order valence-electron chi connectivity index (χ0n) is 13.5. The monoisotopic (exact) mass is 349 g/mol. The summed E-state index contributed by atoms with van der Waals surface area (Å²) in [6.45, 7) is 1.19. The molecule has 1 aliphatic rings. The summed E-state index contributed by atoms with van der Waals surface area (Å²) in [7, 11) is 0. The van der Waals surface area contributed by atoms with Gasteiger partial charge in [0.15, 0.2) is 5.82 Å². The number of fused-ring (bicyclic) bond motifs is 1. The summed E-state index contributed by atoms with van der Waals surface area (Å²) in [5.74, 6) is 0.742. The van der Waals surface area contributed by atoms with Crippen molar-refractivity contribution in [2.75, 3.05) is 6.54 Å². The molecular formula is C20H16ClN3O. The van der Waals surface area contributed by atoms with Crippen LogP contribution in [-0.4, -0.2) is 27.3 Å². The number of hydrogen-bond acceptors (Lipinski definition) is 3. The number of rotatable bonds is 2. The molecule has 0 aliphatic carbocycles. The Hall–Kier alpha value is -2.72. The van der Waals surface area contributed by atoms with Gasteiger partial charge in [-0.25, -0.2) is 9.97 Å². The average molecular weight is 350 g/mol. The van der Waals surface area contributed by atoms with Gasteiger partial charge in [0, 0.05) is 47.4 Å². The molecule has 0 saturated carbocycles. The Morgan fingerprint density at radius 3 is 2.56 bits per heavy atom. The third kappa shape index (κ3) is 3.26. The summed E-state index contributed by atoms with van der Waals surface area (Å²) in [5.41, 5.74) is 3.68. The fourth-order valence-corrected chi connectivity index (χ4v) is 3.12. The third-order valence-corrected chi connectivity index (χ3v) is 4.60. The SMILES string of the molecule is O=C(c1ccc(Cl)cc1)N1CCc2nc(-c3ccccc3)ncc2C1. The van der Waals surface area contributed by atoms with Crippen molar-refractivity contribution in [3.05, 3.63) is 82.6 Å². The highest BCUT2D eigenvalue weighted by atomic mass is 35.5. The molecule has 1 aliphatic heterocycles. The van der Waals surface area contributed by atoms with E-state index in [4.69, 9.17) is 16.6 Å². The van der Waals surface area contributed by atoms with Crippen LogP contribution in [0.1, 0.15) is 21.6 Å². The maximum Gasteiger partial charge on any atom is 0.254 e. The van der Waals surface area contributed by atoms with Crippen molar-refractivity contribution in [1.82, 2.24) is 14.9 Å². The highest BCUT2D eigenvalue weighted by Gasteiger charge is 2.23. The summed E-state index contributed by atoms with van der Waals surface area (Å²) in [6, 6.07) is 16.9. The van der Waals surface area contributed by atoms with Gasteiger partial charge in [0.2, 0.25) is 0 Å². The molecule has 0 spiro atoms. The number of carbonyl (C=O) groups excluding carboxylic acids is 1. The Balaban J connectivity index is 1.55. The van der Waals surface area contributed by atoms with E-state index in [1.807, 2.05) is 41.4 Å². The van der Waals surface area contributed by atoms with Crippen LogP contribution in [0.2, 0.25) is 5.02 Å². The van der Waals surface area contributed by atoms with Gasteiger partial charge in [-0.15, -0.1) is 0 Å². The van der Waals surface area contributed by atoms with Crippen LogP contribution >= 0.6 is 11.6 Å². The topological polar surface area (TPSA) is 46.1 Å². The van der Waals surface area contributed by atoms with Crippen LogP contribution < -0.4 is 0 Å². The first kappa shape index (κ1) is 15.8. The van der Waals surface area contributed by atoms with Crippen LogP contribution in [0.25, 0.3) is 11.4 Å². The highest BCUT2D eigenvalue weighted by Crippen LogP contribution is 2.22. The van der Waals surface area contributed by atoms with Crippen LogP contribution in [0.15, 0.2) is 60.8 Å². The van der Waals surface area contributed by atoms with Crippen LogP contribution in [0, 0.1) is 0 Å². The normalized spacial score (nSPS) is 13.4. The number of benzene rings is 2. The minimum absolute atomic E-state index is 0.00875. The van der Waals surface area contributed by atoms with Gasteiger partial charge in [0.05, 0.1) is 5.69 Å². The van der Waals surface area contributed by atoms with Gasteiger partial charge >= 0.3 is 0 Å². The Morgan fingerprint density at radius 2 is 1.80 bits per heavy atom. The van der Waals surface area contributed by atoms with Crippen LogP contribution in [0.4, 0.5) is 0 Å².